The van der Waals surface area contributed by atoms with Crippen LogP contribution in [-0.4, -0.2) is 57.0 Å². The summed E-state index contributed by atoms with van der Waals surface area (Å²) in [4.78, 5) is 10.1. The lowest BCUT2D eigenvalue weighted by atomic mass is 10.1. The van der Waals surface area contributed by atoms with Crippen LogP contribution in [0, 0.1) is 10.1 Å². The van der Waals surface area contributed by atoms with E-state index in [9.17, 15) is 23.6 Å². The van der Waals surface area contributed by atoms with E-state index in [-0.39, 0.29) is 23.4 Å². The molecule has 2 atom stereocenters. The smallest absolute Gasteiger partial charge is 0.294 e. The number of nitro groups is 1. The maximum Gasteiger partial charge on any atom is 0.294 e. The number of hydrogen-bond acceptors (Lipinski definition) is 8. The Morgan fingerprint density at radius 1 is 1.50 bits per heavy atom. The first-order chi connectivity index (χ1) is 11.2. The molecule has 1 aliphatic rings. The number of primary sulfonamides is 1. The number of nitrogens with zero attached hydrogens (tertiary/aromatic N) is 1. The Balaban J connectivity index is 2.39. The molecular formula is C12H16BrN3O7S. The number of anilines is 1. The molecule has 10 nitrogen and oxygen atoms in total. The number of aliphatic hydroxyl groups is 1. The number of hydrogen-bond donors (Lipinski definition) is 3. The minimum atomic E-state index is -4.11. The van der Waals surface area contributed by atoms with Crippen LogP contribution >= 0.6 is 15.9 Å². The normalized spacial score (nSPS) is 19.7. The van der Waals surface area contributed by atoms with Gasteiger partial charge in [-0.15, -0.1) is 0 Å². The van der Waals surface area contributed by atoms with Crippen LogP contribution in [0.5, 0.6) is 0 Å². The van der Waals surface area contributed by atoms with Crippen molar-refractivity contribution in [3.8, 4) is 0 Å². The molecule has 24 heavy (non-hydrogen) atoms. The third kappa shape index (κ3) is 4.40. The number of nitro benzene ring substituents is 1. The summed E-state index contributed by atoms with van der Waals surface area (Å²) in [6.07, 6.45) is -0.506. The topological polar surface area (TPSA) is 154 Å². The Labute approximate surface area is 146 Å². The van der Waals surface area contributed by atoms with Gasteiger partial charge in [0.1, 0.15) is 11.8 Å². The number of rotatable bonds is 6. The lowest BCUT2D eigenvalue weighted by Crippen LogP contribution is -2.45. The van der Waals surface area contributed by atoms with Crippen molar-refractivity contribution in [3.63, 3.8) is 0 Å². The van der Waals surface area contributed by atoms with Gasteiger partial charge in [-0.3, -0.25) is 10.1 Å². The molecule has 0 amide bonds. The van der Waals surface area contributed by atoms with Crippen molar-refractivity contribution in [1.82, 2.24) is 0 Å². The van der Waals surface area contributed by atoms with Crippen molar-refractivity contribution in [2.75, 3.05) is 31.7 Å². The first kappa shape index (κ1) is 19.0. The number of sulfonamides is 1. The molecule has 1 unspecified atom stereocenters. The van der Waals surface area contributed by atoms with Crippen LogP contribution in [0.25, 0.3) is 0 Å². The zero-order valence-corrected chi connectivity index (χ0v) is 14.7. The number of nitrogens with two attached hydrogens (primary N) is 1. The largest absolute Gasteiger partial charge is 0.394 e. The van der Waals surface area contributed by atoms with Gasteiger partial charge in [-0.25, -0.2) is 13.6 Å². The molecule has 1 aromatic carbocycles. The number of halogens is 1. The molecule has 134 valence electrons. The fourth-order valence-corrected chi connectivity index (χ4v) is 3.47. The van der Waals surface area contributed by atoms with Gasteiger partial charge in [0.05, 0.1) is 42.3 Å². The second kappa shape index (κ2) is 7.72. The van der Waals surface area contributed by atoms with Crippen LogP contribution in [0.1, 0.15) is 0 Å². The van der Waals surface area contributed by atoms with Gasteiger partial charge in [-0.2, -0.15) is 0 Å². The van der Waals surface area contributed by atoms with E-state index in [1.54, 1.807) is 0 Å². The van der Waals surface area contributed by atoms with E-state index in [1.807, 2.05) is 0 Å². The van der Waals surface area contributed by atoms with Crippen LogP contribution in [0.15, 0.2) is 21.5 Å². The number of ether oxygens (including phenoxy) is 2. The van der Waals surface area contributed by atoms with Crippen molar-refractivity contribution >= 4 is 37.3 Å². The van der Waals surface area contributed by atoms with Crippen molar-refractivity contribution in [3.05, 3.63) is 26.7 Å². The minimum Gasteiger partial charge on any atom is -0.394 e. The molecule has 0 radical (unpaired) electrons. The van der Waals surface area contributed by atoms with Crippen LogP contribution in [0.2, 0.25) is 0 Å². The molecule has 1 saturated heterocycles. The molecule has 1 heterocycles. The molecule has 0 aliphatic carbocycles. The monoisotopic (exact) mass is 425 g/mol. The first-order valence-corrected chi connectivity index (χ1v) is 9.15. The number of benzene rings is 1. The summed E-state index contributed by atoms with van der Waals surface area (Å²) in [5.41, 5.74) is -0.482. The van der Waals surface area contributed by atoms with Gasteiger partial charge in [-0.05, 0) is 22.0 Å². The van der Waals surface area contributed by atoms with Gasteiger partial charge >= 0.3 is 0 Å². The summed E-state index contributed by atoms with van der Waals surface area (Å²) < 4.78 is 33.7. The predicted octanol–water partition coefficient (Wildman–Crippen LogP) is 0.193. The second-order valence-electron chi connectivity index (χ2n) is 5.02. The predicted molar refractivity (Wildman–Crippen MR) is 87.2 cm³/mol. The van der Waals surface area contributed by atoms with Crippen molar-refractivity contribution < 1.29 is 27.9 Å². The van der Waals surface area contributed by atoms with E-state index in [4.69, 9.17) is 14.6 Å². The highest BCUT2D eigenvalue weighted by Gasteiger charge is 2.29. The average Bonchev–Trinajstić information content (AvgIpc) is 2.53. The molecular weight excluding hydrogens is 410 g/mol. The lowest BCUT2D eigenvalue weighted by Gasteiger charge is -2.30. The van der Waals surface area contributed by atoms with Gasteiger partial charge in [0.25, 0.3) is 5.69 Å². The van der Waals surface area contributed by atoms with E-state index in [0.717, 1.165) is 12.1 Å². The highest BCUT2D eigenvalue weighted by molar-refractivity contribution is 9.10. The maximum atomic E-state index is 11.4. The molecule has 0 bridgehead atoms. The minimum absolute atomic E-state index is 0.0145. The van der Waals surface area contributed by atoms with Gasteiger partial charge in [0, 0.05) is 10.5 Å². The molecule has 1 aliphatic heterocycles. The summed E-state index contributed by atoms with van der Waals surface area (Å²) >= 11 is 3.10. The standard InChI is InChI=1S/C12H16BrN3O7S/c13-8-3-7(24(14,20)21)4-10(16(18)19)12(8)15-9(5-17)11-6-22-1-2-23-11/h3-4,9,11,15,17H,1-2,5-6H2,(H2,14,20,21)/t9?,11-/m1/s1. The van der Waals surface area contributed by atoms with Crippen LogP contribution in [-0.2, 0) is 19.5 Å². The number of nitrogens with one attached hydrogen (secondary N) is 1. The molecule has 12 heteroatoms. The highest BCUT2D eigenvalue weighted by Crippen LogP contribution is 2.36. The molecule has 1 aromatic rings. The van der Waals surface area contributed by atoms with E-state index < -0.39 is 37.7 Å². The summed E-state index contributed by atoms with van der Waals surface area (Å²) in [5, 5.41) is 28.7. The second-order valence-corrected chi connectivity index (χ2v) is 7.43. The van der Waals surface area contributed by atoms with Crippen LogP contribution in [0.3, 0.4) is 0 Å². The third-order valence-corrected chi connectivity index (χ3v) is 4.90. The van der Waals surface area contributed by atoms with Crippen molar-refractivity contribution in [2.24, 2.45) is 5.14 Å². The lowest BCUT2D eigenvalue weighted by molar-refractivity contribution is -0.384. The van der Waals surface area contributed by atoms with E-state index in [0.29, 0.717) is 13.2 Å². The molecule has 0 aromatic heterocycles. The average molecular weight is 426 g/mol. The maximum absolute atomic E-state index is 11.4. The van der Waals surface area contributed by atoms with Crippen molar-refractivity contribution in [2.45, 2.75) is 17.0 Å². The Hall–Kier alpha value is -1.31. The Bertz CT molecular complexity index is 722. The fraction of sp³-hybridized carbons (Fsp3) is 0.500. The molecule has 1 fully saturated rings. The van der Waals surface area contributed by atoms with E-state index >= 15 is 0 Å². The number of aliphatic hydroxyl groups excluding tert-OH is 1. The molecule has 2 rings (SSSR count). The van der Waals surface area contributed by atoms with E-state index in [2.05, 4.69) is 21.2 Å². The Morgan fingerprint density at radius 2 is 2.21 bits per heavy atom. The SMILES string of the molecule is NS(=O)(=O)c1cc(Br)c(NC(CO)[C@H]2COCCO2)c([N+](=O)[O-])c1. The molecule has 4 N–H and O–H groups in total. The van der Waals surface area contributed by atoms with Gasteiger partial charge in [-0.1, -0.05) is 0 Å². The van der Waals surface area contributed by atoms with Crippen molar-refractivity contribution in [1.29, 1.82) is 0 Å². The third-order valence-electron chi connectivity index (χ3n) is 3.39. The van der Waals surface area contributed by atoms with Crippen LogP contribution < -0.4 is 10.5 Å². The highest BCUT2D eigenvalue weighted by atomic mass is 79.9. The first-order valence-electron chi connectivity index (χ1n) is 6.81. The summed E-state index contributed by atoms with van der Waals surface area (Å²) in [7, 11) is -4.11. The summed E-state index contributed by atoms with van der Waals surface area (Å²) in [6, 6.07) is 1.33. The Morgan fingerprint density at radius 3 is 2.71 bits per heavy atom. The van der Waals surface area contributed by atoms with Gasteiger partial charge in [0.2, 0.25) is 10.0 Å². The summed E-state index contributed by atoms with van der Waals surface area (Å²) in [6.45, 7) is 0.630. The van der Waals surface area contributed by atoms with Gasteiger partial charge < -0.3 is 19.9 Å². The molecule has 0 saturated carbocycles. The Kier molecular flexibility index (Phi) is 6.11. The van der Waals surface area contributed by atoms with E-state index in [1.165, 1.54) is 0 Å². The molecule has 0 spiro atoms. The zero-order chi connectivity index (χ0) is 17.9. The van der Waals surface area contributed by atoms with Gasteiger partial charge in [0.15, 0.2) is 0 Å². The fourth-order valence-electron chi connectivity index (χ4n) is 2.20. The quantitative estimate of drug-likeness (QED) is 0.430. The van der Waals surface area contributed by atoms with Crippen LogP contribution in [0.4, 0.5) is 11.4 Å². The summed E-state index contributed by atoms with van der Waals surface area (Å²) in [5.74, 6) is 0. The zero-order valence-electron chi connectivity index (χ0n) is 12.3.